The Kier molecular flexibility index (Phi) is 9.53. The first-order valence-corrected chi connectivity index (χ1v) is 12.6. The first-order chi connectivity index (χ1) is 17.4. The highest BCUT2D eigenvalue weighted by molar-refractivity contribution is 6.31. The van der Waals surface area contributed by atoms with Gasteiger partial charge in [0, 0.05) is 37.3 Å². The van der Waals surface area contributed by atoms with Gasteiger partial charge in [0.2, 0.25) is 0 Å². The summed E-state index contributed by atoms with van der Waals surface area (Å²) in [5.41, 5.74) is 4.05. The van der Waals surface area contributed by atoms with Crippen LogP contribution in [0.3, 0.4) is 0 Å². The van der Waals surface area contributed by atoms with Crippen LogP contribution in [0.1, 0.15) is 62.0 Å². The molecule has 0 amide bonds. The maximum Gasteiger partial charge on any atom is 0.164 e. The third kappa shape index (κ3) is 6.08. The Morgan fingerprint density at radius 3 is 2.67 bits per heavy atom. The van der Waals surface area contributed by atoms with Gasteiger partial charge in [-0.1, -0.05) is 44.9 Å². The van der Waals surface area contributed by atoms with Crippen LogP contribution in [0.5, 0.6) is 11.5 Å². The van der Waals surface area contributed by atoms with Crippen LogP contribution >= 0.6 is 11.6 Å². The van der Waals surface area contributed by atoms with E-state index in [4.69, 9.17) is 21.1 Å². The van der Waals surface area contributed by atoms with Crippen LogP contribution in [-0.2, 0) is 20.1 Å². The minimum Gasteiger partial charge on any atom is -0.493 e. The molecule has 0 unspecified atom stereocenters. The van der Waals surface area contributed by atoms with Crippen LogP contribution < -0.4 is 9.47 Å². The van der Waals surface area contributed by atoms with E-state index < -0.39 is 0 Å². The number of halogens is 2. The van der Waals surface area contributed by atoms with Crippen molar-refractivity contribution in [1.29, 1.82) is 0 Å². The molecule has 0 spiro atoms. The molecule has 0 radical (unpaired) electrons. The number of aromatic nitrogens is 4. The van der Waals surface area contributed by atoms with Crippen molar-refractivity contribution < 1.29 is 13.9 Å². The molecule has 4 aromatic rings. The largest absolute Gasteiger partial charge is 0.493 e. The summed E-state index contributed by atoms with van der Waals surface area (Å²) in [5.74, 6) is 1.17. The van der Waals surface area contributed by atoms with E-state index in [1.54, 1.807) is 19.4 Å². The first kappa shape index (κ1) is 27.3. The van der Waals surface area contributed by atoms with Gasteiger partial charge in [-0.05, 0) is 42.7 Å². The third-order valence-electron chi connectivity index (χ3n) is 5.80. The monoisotopic (exact) mass is 512 g/mol. The molecule has 1 aromatic carbocycles. The van der Waals surface area contributed by atoms with Gasteiger partial charge in [0.15, 0.2) is 11.5 Å². The smallest absolute Gasteiger partial charge is 0.164 e. The molecule has 0 saturated heterocycles. The van der Waals surface area contributed by atoms with Gasteiger partial charge in [0.05, 0.1) is 23.5 Å². The van der Waals surface area contributed by atoms with Crippen LogP contribution in [0.4, 0.5) is 4.39 Å². The van der Waals surface area contributed by atoms with Gasteiger partial charge in [-0.3, -0.25) is 0 Å². The van der Waals surface area contributed by atoms with E-state index in [9.17, 15) is 0 Å². The molecule has 0 saturated carbocycles. The number of aromatic amines is 1. The van der Waals surface area contributed by atoms with Gasteiger partial charge in [0.25, 0.3) is 0 Å². The molecule has 192 valence electrons. The van der Waals surface area contributed by atoms with E-state index >= 15 is 4.39 Å². The molecule has 0 aliphatic rings. The lowest BCUT2D eigenvalue weighted by molar-refractivity contribution is 0.271. The number of benzene rings is 1. The third-order valence-corrected chi connectivity index (χ3v) is 6.01. The fraction of sp³-hybridized carbons (Fsp3) is 0.357. The lowest BCUT2D eigenvalue weighted by Gasteiger charge is -2.13. The normalized spacial score (nSPS) is 11.1. The van der Waals surface area contributed by atoms with Crippen LogP contribution in [0.25, 0.3) is 17.1 Å². The summed E-state index contributed by atoms with van der Waals surface area (Å²) in [7, 11) is 3.49. The Bertz CT molecular complexity index is 1340. The molecule has 36 heavy (non-hydrogen) atoms. The van der Waals surface area contributed by atoms with E-state index in [1.807, 2.05) is 44.6 Å². The fourth-order valence-corrected chi connectivity index (χ4v) is 4.10. The van der Waals surface area contributed by atoms with Gasteiger partial charge in [-0.2, -0.15) is 0 Å². The molecule has 0 aliphatic carbocycles. The van der Waals surface area contributed by atoms with Gasteiger partial charge in [-0.15, -0.1) is 0 Å². The zero-order valence-electron chi connectivity index (χ0n) is 21.8. The second-order valence-corrected chi connectivity index (χ2v) is 8.61. The SMILES string of the molecule is CC.CCC/C=C\c1c(C)nc(COc2cc(F)c(Cc3c[nH]c4ncc(Cl)cc34)cc2OC)n1C. The van der Waals surface area contributed by atoms with E-state index in [2.05, 4.69) is 34.0 Å². The Labute approximate surface area is 217 Å². The molecule has 6 nitrogen and oxygen atoms in total. The number of nitrogens with zero attached hydrogens (tertiary/aromatic N) is 3. The van der Waals surface area contributed by atoms with Crippen molar-refractivity contribution in [3.05, 3.63) is 75.8 Å². The number of allylic oxidation sites excluding steroid dienone is 1. The highest BCUT2D eigenvalue weighted by Crippen LogP contribution is 2.33. The number of methoxy groups -OCH3 is 1. The second kappa shape index (κ2) is 12.6. The molecular formula is C28H34ClFN4O2. The Balaban J connectivity index is 0.00000176. The molecule has 0 bridgehead atoms. The first-order valence-electron chi connectivity index (χ1n) is 12.2. The summed E-state index contributed by atoms with van der Waals surface area (Å²) in [6.45, 7) is 8.31. The van der Waals surface area contributed by atoms with Crippen LogP contribution in [0, 0.1) is 12.7 Å². The number of H-pyrrole nitrogens is 1. The molecular weight excluding hydrogens is 479 g/mol. The van der Waals surface area contributed by atoms with Crippen molar-refractivity contribution in [2.45, 2.75) is 53.6 Å². The number of ether oxygens (including phenoxy) is 2. The summed E-state index contributed by atoms with van der Waals surface area (Å²) in [5, 5.41) is 1.39. The highest BCUT2D eigenvalue weighted by Gasteiger charge is 2.16. The summed E-state index contributed by atoms with van der Waals surface area (Å²) in [4.78, 5) is 12.0. The molecule has 8 heteroatoms. The molecule has 0 atom stereocenters. The van der Waals surface area contributed by atoms with Crippen molar-refractivity contribution in [3.8, 4) is 11.5 Å². The lowest BCUT2D eigenvalue weighted by Crippen LogP contribution is -2.06. The number of unbranched alkanes of at least 4 members (excludes halogenated alkanes) is 1. The minimum absolute atomic E-state index is 0.195. The molecule has 0 fully saturated rings. The van der Waals surface area contributed by atoms with Gasteiger partial charge < -0.3 is 19.0 Å². The summed E-state index contributed by atoms with van der Waals surface area (Å²) in [6, 6.07) is 4.86. The molecule has 4 rings (SSSR count). The number of hydrogen-bond donors (Lipinski definition) is 1. The number of hydrogen-bond acceptors (Lipinski definition) is 4. The number of aryl methyl sites for hydroxylation is 1. The summed E-state index contributed by atoms with van der Waals surface area (Å²) >= 11 is 6.09. The maximum absolute atomic E-state index is 15.1. The van der Waals surface area contributed by atoms with Gasteiger partial charge in [-0.25, -0.2) is 14.4 Å². The fourth-order valence-electron chi connectivity index (χ4n) is 3.94. The molecule has 3 aromatic heterocycles. The van der Waals surface area contributed by atoms with Crippen LogP contribution in [0.2, 0.25) is 5.02 Å². The number of fused-ring (bicyclic) bond motifs is 1. The van der Waals surface area contributed by atoms with E-state index in [0.29, 0.717) is 34.2 Å². The molecule has 1 N–H and O–H groups in total. The quantitative estimate of drug-likeness (QED) is 0.253. The lowest BCUT2D eigenvalue weighted by atomic mass is 10.0. The maximum atomic E-state index is 15.1. The Hall–Kier alpha value is -3.32. The summed E-state index contributed by atoms with van der Waals surface area (Å²) in [6.07, 6.45) is 10.1. The number of rotatable bonds is 9. The van der Waals surface area contributed by atoms with Crippen LogP contribution in [0.15, 0.2) is 36.7 Å². The highest BCUT2D eigenvalue weighted by atomic mass is 35.5. The zero-order chi connectivity index (χ0) is 26.2. The number of imidazole rings is 1. The zero-order valence-corrected chi connectivity index (χ0v) is 22.5. The van der Waals surface area contributed by atoms with E-state index in [-0.39, 0.29) is 12.4 Å². The van der Waals surface area contributed by atoms with E-state index in [0.717, 1.165) is 41.0 Å². The van der Waals surface area contributed by atoms with E-state index in [1.165, 1.54) is 6.07 Å². The predicted molar refractivity (Wildman–Crippen MR) is 144 cm³/mol. The average molecular weight is 513 g/mol. The topological polar surface area (TPSA) is 65.0 Å². The number of pyridine rings is 1. The van der Waals surface area contributed by atoms with Crippen molar-refractivity contribution >= 4 is 28.7 Å². The van der Waals surface area contributed by atoms with Crippen molar-refractivity contribution in [2.24, 2.45) is 7.05 Å². The van der Waals surface area contributed by atoms with Gasteiger partial charge >= 0.3 is 0 Å². The predicted octanol–water partition coefficient (Wildman–Crippen LogP) is 7.42. The number of nitrogens with one attached hydrogen (secondary N) is 1. The summed E-state index contributed by atoms with van der Waals surface area (Å²) < 4.78 is 28.5. The molecule has 0 aliphatic heterocycles. The average Bonchev–Trinajstić information content (AvgIpc) is 3.40. The Morgan fingerprint density at radius 1 is 1.17 bits per heavy atom. The molecule has 3 heterocycles. The minimum atomic E-state index is -0.376. The van der Waals surface area contributed by atoms with Crippen molar-refractivity contribution in [3.63, 3.8) is 0 Å². The van der Waals surface area contributed by atoms with Crippen molar-refractivity contribution in [1.82, 2.24) is 19.5 Å². The van der Waals surface area contributed by atoms with Crippen molar-refractivity contribution in [2.75, 3.05) is 7.11 Å². The van der Waals surface area contributed by atoms with Gasteiger partial charge in [0.1, 0.15) is 23.9 Å². The van der Waals surface area contributed by atoms with Crippen LogP contribution in [-0.4, -0.2) is 26.6 Å². The Morgan fingerprint density at radius 2 is 1.94 bits per heavy atom. The second-order valence-electron chi connectivity index (χ2n) is 8.17. The standard InChI is InChI=1S/C26H28ClFN4O2.C2H6/c1-5-6-7-8-22-16(2)31-25(32(22)3)15-34-24-12-21(28)17(10-23(24)33-4)9-18-13-29-26-20(18)11-19(27)14-30-26;1-2/h7-8,10-14H,5-6,9,15H2,1-4H3,(H,29,30);1-2H3/b8-7-;.